The first kappa shape index (κ1) is 25.0. The molecule has 3 aromatic carbocycles. The highest BCUT2D eigenvalue weighted by atomic mass is 35.5. The Bertz CT molecular complexity index is 1410. The first-order valence-electron chi connectivity index (χ1n) is 10.7. The molecule has 1 saturated heterocycles. The number of urea groups is 1. The highest BCUT2D eigenvalue weighted by Crippen LogP contribution is 2.29. The third-order valence-electron chi connectivity index (χ3n) is 5.20. The predicted molar refractivity (Wildman–Crippen MR) is 137 cm³/mol. The smallest absolute Gasteiger partial charge is 0.335 e. The van der Waals surface area contributed by atoms with Gasteiger partial charge in [-0.15, -0.1) is 0 Å². The Morgan fingerprint density at radius 1 is 1.00 bits per heavy atom. The van der Waals surface area contributed by atoms with Crippen molar-refractivity contribution < 1.29 is 23.9 Å². The fraction of sp³-hybridized carbons (Fsp3) is 0.0769. The Hall–Kier alpha value is -4.14. The van der Waals surface area contributed by atoms with E-state index in [4.69, 9.17) is 27.9 Å². The highest BCUT2D eigenvalue weighted by molar-refractivity contribution is 6.39. The van der Waals surface area contributed by atoms with Crippen molar-refractivity contribution in [1.29, 1.82) is 0 Å². The number of benzene rings is 3. The van der Waals surface area contributed by atoms with E-state index in [1.54, 1.807) is 49.4 Å². The SMILES string of the molecule is Cc1ccc(N2C(=O)NC(=O)/C(=C\c3ccc(OCC(=O)Nc4ccccc4)c(Cl)c3)C2=O)cc1Cl. The lowest BCUT2D eigenvalue weighted by Gasteiger charge is -2.26. The van der Waals surface area contributed by atoms with Crippen LogP contribution in [0.3, 0.4) is 0 Å². The van der Waals surface area contributed by atoms with Crippen LogP contribution in [0.2, 0.25) is 10.0 Å². The summed E-state index contributed by atoms with van der Waals surface area (Å²) < 4.78 is 5.49. The van der Waals surface area contributed by atoms with Gasteiger partial charge in [-0.3, -0.25) is 19.7 Å². The summed E-state index contributed by atoms with van der Waals surface area (Å²) in [4.78, 5) is 50.8. The highest BCUT2D eigenvalue weighted by Gasteiger charge is 2.37. The molecule has 2 N–H and O–H groups in total. The number of para-hydroxylation sites is 1. The number of carbonyl (C=O) groups excluding carboxylic acids is 4. The molecule has 36 heavy (non-hydrogen) atoms. The number of hydrogen-bond acceptors (Lipinski definition) is 5. The number of barbiturate groups is 1. The van der Waals surface area contributed by atoms with E-state index < -0.39 is 17.8 Å². The number of nitrogens with one attached hydrogen (secondary N) is 2. The number of halogens is 2. The summed E-state index contributed by atoms with van der Waals surface area (Å²) in [5.41, 5.74) is 1.78. The van der Waals surface area contributed by atoms with Gasteiger partial charge in [-0.05, 0) is 60.5 Å². The summed E-state index contributed by atoms with van der Waals surface area (Å²) in [5, 5.41) is 5.39. The quantitative estimate of drug-likeness (QED) is 0.350. The molecule has 3 aromatic rings. The van der Waals surface area contributed by atoms with Gasteiger partial charge in [0.25, 0.3) is 17.7 Å². The van der Waals surface area contributed by atoms with E-state index in [1.165, 1.54) is 24.3 Å². The number of aryl methyl sites for hydroxylation is 1. The first-order valence-corrected chi connectivity index (χ1v) is 11.4. The van der Waals surface area contributed by atoms with Gasteiger partial charge < -0.3 is 10.1 Å². The van der Waals surface area contributed by atoms with Gasteiger partial charge in [-0.2, -0.15) is 0 Å². The Labute approximate surface area is 216 Å². The van der Waals surface area contributed by atoms with Crippen LogP contribution in [0.25, 0.3) is 6.08 Å². The Morgan fingerprint density at radius 3 is 2.44 bits per heavy atom. The second-order valence-electron chi connectivity index (χ2n) is 7.78. The number of carbonyl (C=O) groups is 4. The lowest BCUT2D eigenvalue weighted by molar-refractivity contribution is -0.122. The van der Waals surface area contributed by atoms with Gasteiger partial charge in [-0.25, -0.2) is 9.69 Å². The molecule has 1 aliphatic heterocycles. The third kappa shape index (κ3) is 5.56. The molecule has 0 unspecified atom stereocenters. The van der Waals surface area contributed by atoms with Gasteiger partial charge in [0.2, 0.25) is 0 Å². The zero-order valence-electron chi connectivity index (χ0n) is 18.9. The van der Waals surface area contributed by atoms with Gasteiger partial charge in [0.1, 0.15) is 11.3 Å². The number of nitrogens with zero attached hydrogens (tertiary/aromatic N) is 1. The molecular weight excluding hydrogens is 505 g/mol. The molecular formula is C26H19Cl2N3O5. The lowest BCUT2D eigenvalue weighted by Crippen LogP contribution is -2.54. The number of imide groups is 2. The first-order chi connectivity index (χ1) is 17.2. The van der Waals surface area contributed by atoms with Crippen molar-refractivity contribution in [1.82, 2.24) is 5.32 Å². The van der Waals surface area contributed by atoms with Crippen molar-refractivity contribution >= 4 is 64.4 Å². The number of ether oxygens (including phenoxy) is 1. The Kier molecular flexibility index (Phi) is 7.38. The third-order valence-corrected chi connectivity index (χ3v) is 5.90. The van der Waals surface area contributed by atoms with Crippen molar-refractivity contribution in [3.05, 3.63) is 93.5 Å². The topological polar surface area (TPSA) is 105 Å². The largest absolute Gasteiger partial charge is 0.482 e. The Balaban J connectivity index is 1.50. The van der Waals surface area contributed by atoms with Crippen molar-refractivity contribution in [3.8, 4) is 5.75 Å². The van der Waals surface area contributed by atoms with Crippen LogP contribution < -0.4 is 20.3 Å². The number of amides is 5. The van der Waals surface area contributed by atoms with Crippen molar-refractivity contribution in [2.45, 2.75) is 6.92 Å². The van der Waals surface area contributed by atoms with E-state index in [-0.39, 0.29) is 34.5 Å². The molecule has 0 aliphatic carbocycles. The molecule has 8 nitrogen and oxygen atoms in total. The van der Waals surface area contributed by atoms with Crippen LogP contribution >= 0.6 is 23.2 Å². The molecule has 10 heteroatoms. The minimum absolute atomic E-state index is 0.166. The molecule has 1 aliphatic rings. The van der Waals surface area contributed by atoms with Crippen LogP contribution in [0.15, 0.2) is 72.3 Å². The van der Waals surface area contributed by atoms with E-state index in [0.29, 0.717) is 16.3 Å². The maximum absolute atomic E-state index is 13.1. The van der Waals surface area contributed by atoms with E-state index in [9.17, 15) is 19.2 Å². The molecule has 1 fully saturated rings. The molecule has 5 amide bonds. The molecule has 1 heterocycles. The summed E-state index contributed by atoms with van der Waals surface area (Å²) in [5.74, 6) is -1.77. The van der Waals surface area contributed by atoms with Gasteiger partial charge in [0.15, 0.2) is 6.61 Å². The van der Waals surface area contributed by atoms with Gasteiger partial charge in [0, 0.05) is 10.7 Å². The zero-order chi connectivity index (χ0) is 25.8. The van der Waals surface area contributed by atoms with Crippen molar-refractivity contribution in [3.63, 3.8) is 0 Å². The summed E-state index contributed by atoms with van der Waals surface area (Å²) >= 11 is 12.4. The standard InChI is InChI=1S/C26H19Cl2N3O5/c1-15-7-9-18(13-20(15)27)31-25(34)19(24(33)30-26(31)35)11-16-8-10-22(21(28)12-16)36-14-23(32)29-17-5-3-2-4-6-17/h2-13H,14H2,1H3,(H,29,32)(H,30,33,35)/b19-11+. The molecule has 0 aromatic heterocycles. The van der Waals surface area contributed by atoms with Crippen LogP contribution in [0.1, 0.15) is 11.1 Å². The monoisotopic (exact) mass is 523 g/mol. The number of anilines is 2. The van der Waals surface area contributed by atoms with Crippen LogP contribution in [0.5, 0.6) is 5.75 Å². The van der Waals surface area contributed by atoms with E-state index in [2.05, 4.69) is 10.6 Å². The van der Waals surface area contributed by atoms with Crippen molar-refractivity contribution in [2.24, 2.45) is 0 Å². The van der Waals surface area contributed by atoms with Crippen LogP contribution in [-0.4, -0.2) is 30.4 Å². The fourth-order valence-corrected chi connectivity index (χ4v) is 3.78. The van der Waals surface area contributed by atoms with E-state index in [0.717, 1.165) is 10.5 Å². The Morgan fingerprint density at radius 2 is 1.75 bits per heavy atom. The molecule has 182 valence electrons. The second-order valence-corrected chi connectivity index (χ2v) is 8.60. The van der Waals surface area contributed by atoms with Crippen LogP contribution in [-0.2, 0) is 14.4 Å². The van der Waals surface area contributed by atoms with Gasteiger partial charge in [-0.1, -0.05) is 53.5 Å². The molecule has 0 bridgehead atoms. The molecule has 0 saturated carbocycles. The summed E-state index contributed by atoms with van der Waals surface area (Å²) in [7, 11) is 0. The lowest BCUT2D eigenvalue weighted by atomic mass is 10.1. The van der Waals surface area contributed by atoms with E-state index >= 15 is 0 Å². The van der Waals surface area contributed by atoms with Gasteiger partial charge >= 0.3 is 6.03 Å². The maximum Gasteiger partial charge on any atom is 0.335 e. The van der Waals surface area contributed by atoms with Gasteiger partial charge in [0.05, 0.1) is 10.7 Å². The maximum atomic E-state index is 13.1. The number of rotatable bonds is 6. The minimum atomic E-state index is -0.877. The summed E-state index contributed by atoms with van der Waals surface area (Å²) in [6, 6.07) is 17.3. The minimum Gasteiger partial charge on any atom is -0.482 e. The average Bonchev–Trinajstić information content (AvgIpc) is 2.84. The van der Waals surface area contributed by atoms with Crippen molar-refractivity contribution in [2.75, 3.05) is 16.8 Å². The van der Waals surface area contributed by atoms with E-state index in [1.807, 2.05) is 6.07 Å². The molecule has 0 atom stereocenters. The fourth-order valence-electron chi connectivity index (χ4n) is 3.37. The normalized spacial score (nSPS) is 14.6. The average molecular weight is 524 g/mol. The molecule has 0 radical (unpaired) electrons. The van der Waals surface area contributed by atoms with Crippen LogP contribution in [0.4, 0.5) is 16.2 Å². The molecule has 0 spiro atoms. The zero-order valence-corrected chi connectivity index (χ0v) is 20.4. The predicted octanol–water partition coefficient (Wildman–Crippen LogP) is 4.99. The summed E-state index contributed by atoms with van der Waals surface area (Å²) in [6.45, 7) is 1.51. The summed E-state index contributed by atoms with van der Waals surface area (Å²) in [6.07, 6.45) is 1.31. The number of hydrogen-bond donors (Lipinski definition) is 2. The van der Waals surface area contributed by atoms with Crippen LogP contribution in [0, 0.1) is 6.92 Å². The molecule has 4 rings (SSSR count). The second kappa shape index (κ2) is 10.6.